The van der Waals surface area contributed by atoms with Crippen molar-refractivity contribution in [2.45, 2.75) is 0 Å². The molecule has 1 aromatic carbocycles. The summed E-state index contributed by atoms with van der Waals surface area (Å²) in [5.41, 5.74) is -0.165. The van der Waals surface area contributed by atoms with Gasteiger partial charge in [-0.1, -0.05) is 16.3 Å². The standard InChI is InChI=1S/C12H11ClN2O4/c13-8-1-2-9-10(7-8)19-15(11(9)16)12(17)14-3-5-18-6-4-14/h1-2,7H,3-6H2. The third-order valence-corrected chi connectivity index (χ3v) is 3.24. The van der Waals surface area contributed by atoms with Gasteiger partial charge in [0.1, 0.15) is 0 Å². The number of fused-ring (bicyclic) bond motifs is 1. The number of hydrogen-bond acceptors (Lipinski definition) is 4. The number of carbonyl (C=O) groups is 1. The summed E-state index contributed by atoms with van der Waals surface area (Å²) < 4.78 is 11.2. The third-order valence-electron chi connectivity index (χ3n) is 3.00. The number of ether oxygens (including phenoxy) is 1. The normalized spacial score (nSPS) is 15.9. The number of hydrogen-bond donors (Lipinski definition) is 0. The van der Waals surface area contributed by atoms with E-state index in [2.05, 4.69) is 0 Å². The minimum atomic E-state index is -0.472. The highest BCUT2D eigenvalue weighted by Gasteiger charge is 2.23. The lowest BCUT2D eigenvalue weighted by Gasteiger charge is -2.25. The summed E-state index contributed by atoms with van der Waals surface area (Å²) in [6.45, 7) is 1.82. The van der Waals surface area contributed by atoms with Gasteiger partial charge in [0.15, 0.2) is 5.58 Å². The topological polar surface area (TPSA) is 64.7 Å². The van der Waals surface area contributed by atoms with Crippen LogP contribution < -0.4 is 5.56 Å². The lowest BCUT2D eigenvalue weighted by atomic mass is 10.3. The summed E-state index contributed by atoms with van der Waals surface area (Å²) in [6, 6.07) is 4.18. The molecule has 1 amide bonds. The molecule has 19 heavy (non-hydrogen) atoms. The molecule has 0 atom stereocenters. The predicted octanol–water partition coefficient (Wildman–Crippen LogP) is 1.55. The van der Waals surface area contributed by atoms with Crippen LogP contribution in [0.4, 0.5) is 4.79 Å². The van der Waals surface area contributed by atoms with Crippen molar-refractivity contribution in [1.29, 1.82) is 0 Å². The maximum absolute atomic E-state index is 12.2. The number of nitrogens with zero attached hydrogens (tertiary/aromatic N) is 2. The first-order valence-corrected chi connectivity index (χ1v) is 6.23. The molecular formula is C12H11ClN2O4. The molecule has 100 valence electrons. The molecule has 2 aromatic rings. The van der Waals surface area contributed by atoms with Gasteiger partial charge in [-0.05, 0) is 12.1 Å². The Morgan fingerprint density at radius 3 is 2.74 bits per heavy atom. The number of carbonyl (C=O) groups excluding carboxylic acids is 1. The van der Waals surface area contributed by atoms with E-state index in [0.717, 1.165) is 4.74 Å². The van der Waals surface area contributed by atoms with E-state index >= 15 is 0 Å². The van der Waals surface area contributed by atoms with Crippen LogP contribution >= 0.6 is 11.6 Å². The fourth-order valence-electron chi connectivity index (χ4n) is 2.01. The fraction of sp³-hybridized carbons (Fsp3) is 0.333. The molecule has 1 aliphatic rings. The molecular weight excluding hydrogens is 272 g/mol. The van der Waals surface area contributed by atoms with Crippen LogP contribution in [0.3, 0.4) is 0 Å². The molecule has 0 aliphatic carbocycles. The first kappa shape index (κ1) is 12.3. The van der Waals surface area contributed by atoms with E-state index in [1.54, 1.807) is 12.1 Å². The van der Waals surface area contributed by atoms with Crippen molar-refractivity contribution in [3.8, 4) is 0 Å². The molecule has 3 rings (SSSR count). The van der Waals surface area contributed by atoms with Gasteiger partial charge in [0.25, 0.3) is 5.56 Å². The first-order chi connectivity index (χ1) is 9.16. The molecule has 0 spiro atoms. The van der Waals surface area contributed by atoms with Crippen molar-refractivity contribution in [3.63, 3.8) is 0 Å². The Morgan fingerprint density at radius 1 is 1.26 bits per heavy atom. The highest BCUT2D eigenvalue weighted by atomic mass is 35.5. The lowest BCUT2D eigenvalue weighted by molar-refractivity contribution is 0.0487. The smallest absolute Gasteiger partial charge is 0.361 e. The van der Waals surface area contributed by atoms with Crippen molar-refractivity contribution in [3.05, 3.63) is 33.6 Å². The lowest BCUT2D eigenvalue weighted by Crippen LogP contribution is -2.44. The zero-order valence-electron chi connectivity index (χ0n) is 9.97. The van der Waals surface area contributed by atoms with Gasteiger partial charge in [-0.3, -0.25) is 4.79 Å². The zero-order valence-corrected chi connectivity index (χ0v) is 10.7. The van der Waals surface area contributed by atoms with Gasteiger partial charge in [0.2, 0.25) is 0 Å². The van der Waals surface area contributed by atoms with Crippen LogP contribution in [-0.2, 0) is 4.74 Å². The van der Waals surface area contributed by atoms with Crippen LogP contribution in [0.5, 0.6) is 0 Å². The minimum Gasteiger partial charge on any atom is -0.378 e. The molecule has 6 nitrogen and oxygen atoms in total. The number of rotatable bonds is 0. The van der Waals surface area contributed by atoms with Gasteiger partial charge in [-0.25, -0.2) is 4.79 Å². The van der Waals surface area contributed by atoms with Crippen molar-refractivity contribution < 1.29 is 14.1 Å². The zero-order chi connectivity index (χ0) is 13.4. The minimum absolute atomic E-state index is 0.305. The van der Waals surface area contributed by atoms with Crippen LogP contribution in [0.2, 0.25) is 5.02 Å². The molecule has 2 heterocycles. The SMILES string of the molecule is O=C(N1CCOCC1)n1oc2cc(Cl)ccc2c1=O. The second-order valence-electron chi connectivity index (χ2n) is 4.21. The van der Waals surface area contributed by atoms with Crippen molar-refractivity contribution >= 4 is 28.6 Å². The van der Waals surface area contributed by atoms with Gasteiger partial charge in [0.05, 0.1) is 18.6 Å². The van der Waals surface area contributed by atoms with Crippen LogP contribution in [0, 0.1) is 0 Å². The van der Waals surface area contributed by atoms with Gasteiger partial charge >= 0.3 is 6.03 Å². The van der Waals surface area contributed by atoms with Crippen molar-refractivity contribution in [2.75, 3.05) is 26.3 Å². The number of halogens is 1. The molecule has 0 bridgehead atoms. The number of aromatic nitrogens is 1. The molecule has 0 unspecified atom stereocenters. The van der Waals surface area contributed by atoms with Gasteiger partial charge in [-0.15, -0.1) is 0 Å². The Morgan fingerprint density at radius 2 is 2.00 bits per heavy atom. The predicted molar refractivity (Wildman–Crippen MR) is 68.7 cm³/mol. The Kier molecular flexibility index (Phi) is 3.04. The summed E-state index contributed by atoms with van der Waals surface area (Å²) in [5, 5.41) is 0.790. The Balaban J connectivity index is 2.02. The Hall–Kier alpha value is -1.79. The van der Waals surface area contributed by atoms with Gasteiger partial charge < -0.3 is 14.2 Å². The van der Waals surface area contributed by atoms with Gasteiger partial charge in [-0.2, -0.15) is 0 Å². The van der Waals surface area contributed by atoms with E-state index in [1.807, 2.05) is 0 Å². The number of benzene rings is 1. The van der Waals surface area contributed by atoms with E-state index in [1.165, 1.54) is 11.0 Å². The van der Waals surface area contributed by atoms with Crippen LogP contribution in [0.25, 0.3) is 11.0 Å². The molecule has 7 heteroatoms. The molecule has 1 aliphatic heterocycles. The van der Waals surface area contributed by atoms with Crippen molar-refractivity contribution in [2.24, 2.45) is 0 Å². The summed E-state index contributed by atoms with van der Waals surface area (Å²) in [7, 11) is 0. The van der Waals surface area contributed by atoms with E-state index in [9.17, 15) is 9.59 Å². The maximum Gasteiger partial charge on any atom is 0.361 e. The summed E-state index contributed by atoms with van der Waals surface area (Å²) in [6.07, 6.45) is 0. The van der Waals surface area contributed by atoms with E-state index < -0.39 is 11.6 Å². The third kappa shape index (κ3) is 2.13. The molecule has 0 N–H and O–H groups in total. The fourth-order valence-corrected chi connectivity index (χ4v) is 2.17. The van der Waals surface area contributed by atoms with E-state index in [0.29, 0.717) is 42.3 Å². The molecule has 0 saturated carbocycles. The monoisotopic (exact) mass is 282 g/mol. The van der Waals surface area contributed by atoms with Crippen LogP contribution in [-0.4, -0.2) is 42.0 Å². The molecule has 1 fully saturated rings. The molecule has 0 radical (unpaired) electrons. The molecule has 1 aromatic heterocycles. The van der Waals surface area contributed by atoms with Gasteiger partial charge in [0, 0.05) is 24.2 Å². The van der Waals surface area contributed by atoms with Crippen LogP contribution in [0.15, 0.2) is 27.5 Å². The molecule has 1 saturated heterocycles. The second kappa shape index (κ2) is 4.71. The Labute approximate surface area is 113 Å². The highest BCUT2D eigenvalue weighted by Crippen LogP contribution is 2.17. The number of morpholine rings is 1. The summed E-state index contributed by atoms with van der Waals surface area (Å²) >= 11 is 5.83. The summed E-state index contributed by atoms with van der Waals surface area (Å²) in [5.74, 6) is 0. The van der Waals surface area contributed by atoms with Crippen molar-refractivity contribution in [1.82, 2.24) is 9.64 Å². The first-order valence-electron chi connectivity index (χ1n) is 5.85. The van der Waals surface area contributed by atoms with E-state index in [-0.39, 0.29) is 0 Å². The summed E-state index contributed by atoms with van der Waals surface area (Å²) in [4.78, 5) is 25.8. The van der Waals surface area contributed by atoms with E-state index in [4.69, 9.17) is 20.9 Å². The maximum atomic E-state index is 12.2. The number of amides is 1. The highest BCUT2D eigenvalue weighted by molar-refractivity contribution is 6.31. The van der Waals surface area contributed by atoms with Crippen LogP contribution in [0.1, 0.15) is 0 Å². The quantitative estimate of drug-likeness (QED) is 0.735. The Bertz CT molecular complexity index is 685. The average Bonchev–Trinajstić information content (AvgIpc) is 2.75. The largest absolute Gasteiger partial charge is 0.378 e. The second-order valence-corrected chi connectivity index (χ2v) is 4.65. The average molecular weight is 283 g/mol.